The molecule has 0 bridgehead atoms. The second-order valence-corrected chi connectivity index (χ2v) is 8.02. The van der Waals surface area contributed by atoms with Crippen LogP contribution in [0.25, 0.3) is 0 Å². The Bertz CT molecular complexity index is 412. The van der Waals surface area contributed by atoms with Crippen molar-refractivity contribution >= 4 is 27.5 Å². The summed E-state index contributed by atoms with van der Waals surface area (Å²) in [5, 5.41) is 10.9. The van der Waals surface area contributed by atoms with Gasteiger partial charge < -0.3 is 5.11 Å². The summed E-state index contributed by atoms with van der Waals surface area (Å²) in [6.45, 7) is 8.92. The first-order valence-corrected chi connectivity index (χ1v) is 7.96. The zero-order chi connectivity index (χ0) is 14.6. The first-order chi connectivity index (χ1) is 8.67. The monoisotopic (exact) mass is 346 g/mol. The average molecular weight is 348 g/mol. The van der Waals surface area contributed by atoms with E-state index in [9.17, 15) is 5.11 Å². The Kier molecular flexibility index (Phi) is 6.35. The first kappa shape index (κ1) is 17.0. The van der Waals surface area contributed by atoms with Crippen LogP contribution in [-0.2, 0) is 6.42 Å². The second kappa shape index (κ2) is 7.10. The second-order valence-electron chi connectivity index (χ2n) is 6.70. The Balaban J connectivity index is 2.53. The van der Waals surface area contributed by atoms with Crippen LogP contribution in [0.4, 0.5) is 0 Å². The van der Waals surface area contributed by atoms with Crippen LogP contribution in [0.15, 0.2) is 22.7 Å². The summed E-state index contributed by atoms with van der Waals surface area (Å²) < 4.78 is 0.969. The highest BCUT2D eigenvalue weighted by molar-refractivity contribution is 9.10. The molecule has 0 saturated heterocycles. The Labute approximate surface area is 130 Å². The zero-order valence-corrected chi connectivity index (χ0v) is 14.6. The highest BCUT2D eigenvalue weighted by Gasteiger charge is 2.18. The molecule has 1 aromatic rings. The Hall–Kier alpha value is -0.0500. The number of benzene rings is 1. The van der Waals surface area contributed by atoms with Gasteiger partial charge in [-0.2, -0.15) is 0 Å². The summed E-state index contributed by atoms with van der Waals surface area (Å²) in [5.74, 6) is 0.518. The molecule has 2 unspecified atom stereocenters. The van der Waals surface area contributed by atoms with Gasteiger partial charge in [-0.05, 0) is 48.3 Å². The van der Waals surface area contributed by atoms with E-state index in [1.54, 1.807) is 0 Å². The average Bonchev–Trinajstić information content (AvgIpc) is 2.19. The molecule has 0 spiro atoms. The lowest BCUT2D eigenvalue weighted by Gasteiger charge is -2.25. The normalized spacial score (nSPS) is 15.3. The SMILES string of the molecule is CC(CC(O)Cc1ccc(Br)cc1Cl)CC(C)(C)C. The van der Waals surface area contributed by atoms with Gasteiger partial charge >= 0.3 is 0 Å². The summed E-state index contributed by atoms with van der Waals surface area (Å²) in [5.41, 5.74) is 1.33. The van der Waals surface area contributed by atoms with E-state index >= 15 is 0 Å². The third kappa shape index (κ3) is 6.78. The van der Waals surface area contributed by atoms with Gasteiger partial charge in [0.15, 0.2) is 0 Å². The smallest absolute Gasteiger partial charge is 0.0583 e. The topological polar surface area (TPSA) is 20.2 Å². The van der Waals surface area contributed by atoms with Crippen LogP contribution < -0.4 is 0 Å². The molecular weight excluding hydrogens is 324 g/mol. The summed E-state index contributed by atoms with van der Waals surface area (Å²) in [7, 11) is 0. The zero-order valence-electron chi connectivity index (χ0n) is 12.2. The van der Waals surface area contributed by atoms with Crippen molar-refractivity contribution in [3.05, 3.63) is 33.3 Å². The van der Waals surface area contributed by atoms with Crippen LogP contribution in [0.2, 0.25) is 5.02 Å². The van der Waals surface area contributed by atoms with Crippen molar-refractivity contribution in [2.75, 3.05) is 0 Å². The molecule has 0 aliphatic rings. The van der Waals surface area contributed by atoms with E-state index < -0.39 is 0 Å². The fourth-order valence-corrected chi connectivity index (χ4v) is 3.37. The van der Waals surface area contributed by atoms with Crippen molar-refractivity contribution in [1.82, 2.24) is 0 Å². The molecule has 0 amide bonds. The van der Waals surface area contributed by atoms with E-state index in [0.717, 1.165) is 27.9 Å². The van der Waals surface area contributed by atoms with Crippen LogP contribution >= 0.6 is 27.5 Å². The molecule has 19 heavy (non-hydrogen) atoms. The third-order valence-corrected chi connectivity index (χ3v) is 3.95. The van der Waals surface area contributed by atoms with Crippen molar-refractivity contribution in [3.8, 4) is 0 Å². The van der Waals surface area contributed by atoms with Gasteiger partial charge in [-0.3, -0.25) is 0 Å². The van der Waals surface area contributed by atoms with Crippen LogP contribution in [0.5, 0.6) is 0 Å². The molecule has 0 radical (unpaired) electrons. The molecule has 0 saturated carbocycles. The molecule has 1 N–H and O–H groups in total. The quantitative estimate of drug-likeness (QED) is 0.749. The maximum atomic E-state index is 10.2. The largest absolute Gasteiger partial charge is 0.393 e. The van der Waals surface area contributed by atoms with Gasteiger partial charge in [-0.1, -0.05) is 61.3 Å². The predicted octanol–water partition coefficient (Wildman–Crippen LogP) is 5.47. The van der Waals surface area contributed by atoms with Crippen LogP contribution in [0.3, 0.4) is 0 Å². The molecule has 2 atom stereocenters. The molecule has 1 nitrogen and oxygen atoms in total. The van der Waals surface area contributed by atoms with Crippen LogP contribution in [-0.4, -0.2) is 11.2 Å². The summed E-state index contributed by atoms with van der Waals surface area (Å²) in [6, 6.07) is 5.82. The van der Waals surface area contributed by atoms with E-state index in [1.165, 1.54) is 0 Å². The number of rotatable bonds is 5. The number of aliphatic hydroxyl groups is 1. The first-order valence-electron chi connectivity index (χ1n) is 6.79. The third-order valence-electron chi connectivity index (χ3n) is 3.11. The molecule has 0 heterocycles. The van der Waals surface area contributed by atoms with E-state index in [2.05, 4.69) is 43.6 Å². The summed E-state index contributed by atoms with van der Waals surface area (Å²) >= 11 is 9.56. The van der Waals surface area contributed by atoms with Crippen molar-refractivity contribution in [2.24, 2.45) is 11.3 Å². The lowest BCUT2D eigenvalue weighted by Crippen LogP contribution is -2.19. The van der Waals surface area contributed by atoms with Gasteiger partial charge in [0.2, 0.25) is 0 Å². The minimum absolute atomic E-state index is 0.314. The van der Waals surface area contributed by atoms with Gasteiger partial charge in [0.25, 0.3) is 0 Å². The van der Waals surface area contributed by atoms with Gasteiger partial charge in [0, 0.05) is 9.50 Å². The number of aliphatic hydroxyl groups excluding tert-OH is 1. The van der Waals surface area contributed by atoms with E-state index in [4.69, 9.17) is 11.6 Å². The lowest BCUT2D eigenvalue weighted by atomic mass is 9.83. The molecule has 1 rings (SSSR count). The van der Waals surface area contributed by atoms with Crippen molar-refractivity contribution in [1.29, 1.82) is 0 Å². The Morgan fingerprint density at radius 3 is 2.47 bits per heavy atom. The van der Waals surface area contributed by atoms with E-state index in [1.807, 2.05) is 18.2 Å². The molecule has 0 aliphatic heterocycles. The highest BCUT2D eigenvalue weighted by Crippen LogP contribution is 2.28. The molecule has 0 aliphatic carbocycles. The summed E-state index contributed by atoms with van der Waals surface area (Å²) in [4.78, 5) is 0. The van der Waals surface area contributed by atoms with Gasteiger partial charge in [0.1, 0.15) is 0 Å². The number of hydrogen-bond donors (Lipinski definition) is 1. The molecular formula is C16H24BrClO. The molecule has 3 heteroatoms. The fraction of sp³-hybridized carbons (Fsp3) is 0.625. The van der Waals surface area contributed by atoms with Gasteiger partial charge in [0.05, 0.1) is 6.10 Å². The van der Waals surface area contributed by atoms with Gasteiger partial charge in [-0.15, -0.1) is 0 Å². The number of halogens is 2. The minimum atomic E-state index is -0.323. The Morgan fingerprint density at radius 1 is 1.32 bits per heavy atom. The van der Waals surface area contributed by atoms with Gasteiger partial charge in [-0.25, -0.2) is 0 Å². The minimum Gasteiger partial charge on any atom is -0.393 e. The number of hydrogen-bond acceptors (Lipinski definition) is 1. The van der Waals surface area contributed by atoms with Crippen LogP contribution in [0, 0.1) is 11.3 Å². The molecule has 1 aromatic carbocycles. The molecule has 0 fully saturated rings. The van der Waals surface area contributed by atoms with Crippen LogP contribution in [0.1, 0.15) is 46.1 Å². The summed E-state index contributed by atoms with van der Waals surface area (Å²) in [6.07, 6.45) is 2.25. The lowest BCUT2D eigenvalue weighted by molar-refractivity contribution is 0.133. The van der Waals surface area contributed by atoms with Crippen molar-refractivity contribution in [2.45, 2.75) is 53.1 Å². The van der Waals surface area contributed by atoms with E-state index in [0.29, 0.717) is 17.8 Å². The predicted molar refractivity (Wildman–Crippen MR) is 86.7 cm³/mol. The molecule has 0 aromatic heterocycles. The highest BCUT2D eigenvalue weighted by atomic mass is 79.9. The Morgan fingerprint density at radius 2 is 1.95 bits per heavy atom. The molecule has 108 valence electrons. The van der Waals surface area contributed by atoms with Crippen molar-refractivity contribution in [3.63, 3.8) is 0 Å². The standard InChI is InChI=1S/C16H24BrClO/c1-11(10-16(2,3)4)7-14(19)8-12-5-6-13(17)9-15(12)18/h5-6,9,11,14,19H,7-8,10H2,1-4H3. The van der Waals surface area contributed by atoms with Crippen molar-refractivity contribution < 1.29 is 5.11 Å². The maximum absolute atomic E-state index is 10.2. The maximum Gasteiger partial charge on any atom is 0.0583 e. The van der Waals surface area contributed by atoms with E-state index in [-0.39, 0.29) is 6.10 Å². The fourth-order valence-electron chi connectivity index (χ4n) is 2.62.